The fraction of sp³-hybridized carbons (Fsp3) is 1.00. The van der Waals surface area contributed by atoms with Crippen LogP contribution in [0.3, 0.4) is 0 Å². The molecule has 0 aliphatic carbocycles. The maximum Gasteiger partial charge on any atom is 0.0897 e. The molecule has 0 aromatic carbocycles. The highest BCUT2D eigenvalue weighted by Crippen LogP contribution is 2.10. The number of β-amino-alcohol motifs (C(OH)–C–C–N with tert-alkyl or cyclic N) is 1. The number of hydrogen-bond donors (Lipinski definition) is 3. The first-order valence-corrected chi connectivity index (χ1v) is 6.01. The van der Waals surface area contributed by atoms with Crippen LogP contribution in [0.4, 0.5) is 0 Å². The normalized spacial score (nSPS) is 25.4. The van der Waals surface area contributed by atoms with Gasteiger partial charge in [-0.1, -0.05) is 6.92 Å². The van der Waals surface area contributed by atoms with Crippen LogP contribution in [0, 0.1) is 0 Å². The summed E-state index contributed by atoms with van der Waals surface area (Å²) >= 11 is 0. The van der Waals surface area contributed by atoms with Crippen LogP contribution in [-0.2, 0) is 0 Å². The summed E-state index contributed by atoms with van der Waals surface area (Å²) in [4.78, 5) is 2.23. The number of nitrogens with zero attached hydrogens (tertiary/aromatic N) is 1. The number of nitrogens with one attached hydrogen (secondary N) is 1. The number of hydrogen-bond acceptors (Lipinski definition) is 4. The van der Waals surface area contributed by atoms with E-state index in [0.29, 0.717) is 12.6 Å². The second kappa shape index (κ2) is 7.17. The van der Waals surface area contributed by atoms with Gasteiger partial charge >= 0.3 is 0 Å². The Hall–Kier alpha value is -0.160. The molecule has 1 aliphatic heterocycles. The van der Waals surface area contributed by atoms with Crippen LogP contribution >= 0.6 is 0 Å². The minimum absolute atomic E-state index is 0.135. The first kappa shape index (κ1) is 12.9. The Kier molecular flexibility index (Phi) is 6.17. The fourth-order valence-electron chi connectivity index (χ4n) is 2.09. The predicted octanol–water partition coefficient (Wildman–Crippen LogP) is -0.196. The van der Waals surface area contributed by atoms with Gasteiger partial charge in [-0.25, -0.2) is 0 Å². The summed E-state index contributed by atoms with van der Waals surface area (Å²) < 4.78 is 0. The molecule has 1 heterocycles. The summed E-state index contributed by atoms with van der Waals surface area (Å²) in [6.45, 7) is 5.74. The standard InChI is InChI=1S/C11H24N2O2/c1-2-5-12-10-4-3-6-13(7-10)8-11(15)9-14/h10-12,14-15H,2-9H2,1H3. The summed E-state index contributed by atoms with van der Waals surface area (Å²) in [5, 5.41) is 21.6. The first-order chi connectivity index (χ1) is 7.26. The van der Waals surface area contributed by atoms with E-state index in [1.807, 2.05) is 0 Å². The Balaban J connectivity index is 2.22. The SMILES string of the molecule is CCCNC1CCCN(CC(O)CO)C1. The summed E-state index contributed by atoms with van der Waals surface area (Å²) in [5.74, 6) is 0. The molecule has 2 unspecified atom stereocenters. The number of rotatable bonds is 6. The molecule has 0 aromatic heterocycles. The topological polar surface area (TPSA) is 55.7 Å². The van der Waals surface area contributed by atoms with Gasteiger partial charge in [0.25, 0.3) is 0 Å². The molecule has 1 rings (SSSR count). The van der Waals surface area contributed by atoms with Crippen molar-refractivity contribution >= 4 is 0 Å². The molecule has 1 aliphatic rings. The highest BCUT2D eigenvalue weighted by atomic mass is 16.3. The van der Waals surface area contributed by atoms with Gasteiger partial charge in [0.15, 0.2) is 0 Å². The molecule has 4 heteroatoms. The number of likely N-dealkylation sites (tertiary alicyclic amines) is 1. The van der Waals surface area contributed by atoms with Crippen molar-refractivity contribution in [3.05, 3.63) is 0 Å². The van der Waals surface area contributed by atoms with Gasteiger partial charge in [-0.05, 0) is 32.4 Å². The highest BCUT2D eigenvalue weighted by molar-refractivity contribution is 4.79. The maximum absolute atomic E-state index is 9.36. The molecular formula is C11H24N2O2. The minimum Gasteiger partial charge on any atom is -0.394 e. The fourth-order valence-corrected chi connectivity index (χ4v) is 2.09. The molecule has 15 heavy (non-hydrogen) atoms. The van der Waals surface area contributed by atoms with Gasteiger partial charge in [0.05, 0.1) is 12.7 Å². The number of aliphatic hydroxyl groups excluding tert-OH is 2. The zero-order valence-electron chi connectivity index (χ0n) is 9.65. The van der Waals surface area contributed by atoms with E-state index in [1.54, 1.807) is 0 Å². The summed E-state index contributed by atoms with van der Waals surface area (Å²) in [6, 6.07) is 0.560. The third kappa shape index (κ3) is 4.93. The molecule has 0 spiro atoms. The lowest BCUT2D eigenvalue weighted by Gasteiger charge is -2.34. The zero-order valence-corrected chi connectivity index (χ0v) is 9.65. The van der Waals surface area contributed by atoms with E-state index in [0.717, 1.165) is 26.1 Å². The quantitative estimate of drug-likeness (QED) is 0.576. The van der Waals surface area contributed by atoms with Crippen LogP contribution < -0.4 is 5.32 Å². The van der Waals surface area contributed by atoms with Crippen LogP contribution in [0.5, 0.6) is 0 Å². The lowest BCUT2D eigenvalue weighted by Crippen LogP contribution is -2.48. The molecule has 0 saturated carbocycles. The molecular weight excluding hydrogens is 192 g/mol. The van der Waals surface area contributed by atoms with E-state index in [4.69, 9.17) is 5.11 Å². The van der Waals surface area contributed by atoms with E-state index in [2.05, 4.69) is 17.1 Å². The Morgan fingerprint density at radius 2 is 2.33 bits per heavy atom. The van der Waals surface area contributed by atoms with Crippen molar-refractivity contribution in [3.63, 3.8) is 0 Å². The molecule has 1 fully saturated rings. The van der Waals surface area contributed by atoms with E-state index in [1.165, 1.54) is 12.8 Å². The van der Waals surface area contributed by atoms with E-state index in [9.17, 15) is 5.11 Å². The Morgan fingerprint density at radius 3 is 3.00 bits per heavy atom. The predicted molar refractivity (Wildman–Crippen MR) is 60.8 cm³/mol. The van der Waals surface area contributed by atoms with Crippen molar-refractivity contribution in [2.75, 3.05) is 32.8 Å². The van der Waals surface area contributed by atoms with E-state index >= 15 is 0 Å². The average molecular weight is 216 g/mol. The third-order valence-electron chi connectivity index (χ3n) is 2.87. The monoisotopic (exact) mass is 216 g/mol. The van der Waals surface area contributed by atoms with E-state index < -0.39 is 6.10 Å². The van der Waals surface area contributed by atoms with E-state index in [-0.39, 0.29) is 6.61 Å². The smallest absolute Gasteiger partial charge is 0.0897 e. The molecule has 90 valence electrons. The second-order valence-electron chi connectivity index (χ2n) is 4.39. The van der Waals surface area contributed by atoms with Crippen LogP contribution in [0.25, 0.3) is 0 Å². The Morgan fingerprint density at radius 1 is 1.53 bits per heavy atom. The van der Waals surface area contributed by atoms with Gasteiger partial charge in [-0.2, -0.15) is 0 Å². The maximum atomic E-state index is 9.36. The summed E-state index contributed by atoms with van der Waals surface area (Å²) in [7, 11) is 0. The first-order valence-electron chi connectivity index (χ1n) is 6.01. The molecule has 4 nitrogen and oxygen atoms in total. The van der Waals surface area contributed by atoms with Crippen molar-refractivity contribution in [1.29, 1.82) is 0 Å². The molecule has 3 N–H and O–H groups in total. The van der Waals surface area contributed by atoms with Crippen molar-refractivity contribution in [3.8, 4) is 0 Å². The number of aliphatic hydroxyl groups is 2. The lowest BCUT2D eigenvalue weighted by molar-refractivity contribution is 0.0483. The zero-order chi connectivity index (χ0) is 11.1. The summed E-state index contributed by atoms with van der Waals surface area (Å²) in [5.41, 5.74) is 0. The van der Waals surface area contributed by atoms with Crippen molar-refractivity contribution in [1.82, 2.24) is 10.2 Å². The summed E-state index contributed by atoms with van der Waals surface area (Å²) in [6.07, 6.45) is 2.98. The Labute approximate surface area is 92.3 Å². The third-order valence-corrected chi connectivity index (χ3v) is 2.87. The highest BCUT2D eigenvalue weighted by Gasteiger charge is 2.20. The van der Waals surface area contributed by atoms with Gasteiger partial charge < -0.3 is 15.5 Å². The van der Waals surface area contributed by atoms with Gasteiger partial charge in [0, 0.05) is 19.1 Å². The van der Waals surface area contributed by atoms with Crippen LogP contribution in [0.1, 0.15) is 26.2 Å². The average Bonchev–Trinajstić information content (AvgIpc) is 2.26. The van der Waals surface area contributed by atoms with Crippen molar-refractivity contribution in [2.45, 2.75) is 38.3 Å². The van der Waals surface area contributed by atoms with Gasteiger partial charge in [0.1, 0.15) is 0 Å². The molecule has 0 bridgehead atoms. The molecule has 0 amide bonds. The molecule has 0 radical (unpaired) electrons. The van der Waals surface area contributed by atoms with Crippen molar-refractivity contribution < 1.29 is 10.2 Å². The molecule has 2 atom stereocenters. The van der Waals surface area contributed by atoms with Crippen LogP contribution in [0.2, 0.25) is 0 Å². The Bertz CT molecular complexity index is 167. The lowest BCUT2D eigenvalue weighted by atomic mass is 10.1. The number of piperidine rings is 1. The van der Waals surface area contributed by atoms with Gasteiger partial charge in [-0.15, -0.1) is 0 Å². The molecule has 1 saturated heterocycles. The molecule has 0 aromatic rings. The van der Waals surface area contributed by atoms with Crippen LogP contribution in [-0.4, -0.2) is 60.0 Å². The van der Waals surface area contributed by atoms with Crippen molar-refractivity contribution in [2.24, 2.45) is 0 Å². The van der Waals surface area contributed by atoms with Gasteiger partial charge in [-0.3, -0.25) is 4.90 Å². The van der Waals surface area contributed by atoms with Crippen LogP contribution in [0.15, 0.2) is 0 Å². The minimum atomic E-state index is -0.588. The largest absolute Gasteiger partial charge is 0.394 e. The second-order valence-corrected chi connectivity index (χ2v) is 4.39. The van der Waals surface area contributed by atoms with Gasteiger partial charge in [0.2, 0.25) is 0 Å².